The maximum absolute atomic E-state index is 5.52. The van der Waals surface area contributed by atoms with E-state index in [1.54, 1.807) is 0 Å². The first-order chi connectivity index (χ1) is 5.20. The molecule has 0 saturated heterocycles. The monoisotopic (exact) mass is 158 g/mol. The van der Waals surface area contributed by atoms with Gasteiger partial charge in [0.05, 0.1) is 0 Å². The normalized spacial score (nSPS) is 16.4. The maximum atomic E-state index is 5.52. The van der Waals surface area contributed by atoms with Gasteiger partial charge < -0.3 is 11.5 Å². The molecule has 4 N–H and O–H groups in total. The zero-order valence-corrected chi connectivity index (χ0v) is 7.84. The fraction of sp³-hybridized carbons (Fsp3) is 1.00. The van der Waals surface area contributed by atoms with E-state index in [1.165, 1.54) is 12.8 Å². The summed E-state index contributed by atoms with van der Waals surface area (Å²) < 4.78 is 0. The molecule has 0 aliphatic heterocycles. The molecule has 2 unspecified atom stereocenters. The summed E-state index contributed by atoms with van der Waals surface area (Å²) >= 11 is 0. The van der Waals surface area contributed by atoms with Crippen molar-refractivity contribution in [3.63, 3.8) is 0 Å². The summed E-state index contributed by atoms with van der Waals surface area (Å²) in [6, 6.07) is 0. The van der Waals surface area contributed by atoms with Gasteiger partial charge in [-0.2, -0.15) is 0 Å². The van der Waals surface area contributed by atoms with Crippen LogP contribution < -0.4 is 11.5 Å². The Bertz CT molecular complexity index is 83.6. The molecule has 0 aromatic heterocycles. The topological polar surface area (TPSA) is 52.0 Å². The van der Waals surface area contributed by atoms with Crippen LogP contribution in [-0.2, 0) is 0 Å². The molecule has 0 aromatic carbocycles. The van der Waals surface area contributed by atoms with Crippen LogP contribution in [0, 0.1) is 11.8 Å². The van der Waals surface area contributed by atoms with Gasteiger partial charge in [-0.05, 0) is 44.2 Å². The van der Waals surface area contributed by atoms with Crippen LogP contribution in [0.25, 0.3) is 0 Å². The van der Waals surface area contributed by atoms with E-state index in [1.807, 2.05) is 0 Å². The first kappa shape index (κ1) is 10.9. The third-order valence-corrected chi connectivity index (χ3v) is 2.11. The first-order valence-electron chi connectivity index (χ1n) is 4.60. The second-order valence-electron chi connectivity index (χ2n) is 3.61. The molecule has 68 valence electrons. The Balaban J connectivity index is 3.27. The molecular weight excluding hydrogens is 136 g/mol. The van der Waals surface area contributed by atoms with Crippen molar-refractivity contribution in [1.82, 2.24) is 0 Å². The molecule has 0 spiro atoms. The summed E-state index contributed by atoms with van der Waals surface area (Å²) in [5, 5.41) is 0. The highest BCUT2D eigenvalue weighted by Gasteiger charge is 2.05. The molecule has 0 rings (SSSR count). The molecule has 2 nitrogen and oxygen atoms in total. The van der Waals surface area contributed by atoms with E-state index in [0.717, 1.165) is 25.4 Å². The molecule has 0 aromatic rings. The Kier molecular flexibility index (Phi) is 6.57. The molecule has 0 fully saturated rings. The third-order valence-electron chi connectivity index (χ3n) is 2.11. The molecule has 0 bridgehead atoms. The van der Waals surface area contributed by atoms with Gasteiger partial charge in [-0.1, -0.05) is 13.8 Å². The Morgan fingerprint density at radius 1 is 1.09 bits per heavy atom. The second-order valence-corrected chi connectivity index (χ2v) is 3.61. The van der Waals surface area contributed by atoms with Crippen molar-refractivity contribution in [3.8, 4) is 0 Å². The molecule has 0 aliphatic rings. The van der Waals surface area contributed by atoms with E-state index >= 15 is 0 Å². The highest BCUT2D eigenvalue weighted by Crippen LogP contribution is 2.15. The minimum Gasteiger partial charge on any atom is -0.330 e. The van der Waals surface area contributed by atoms with Crippen molar-refractivity contribution in [3.05, 3.63) is 0 Å². The summed E-state index contributed by atoms with van der Waals surface area (Å²) in [7, 11) is 0. The quantitative estimate of drug-likeness (QED) is 0.613. The van der Waals surface area contributed by atoms with Crippen LogP contribution in [0.2, 0.25) is 0 Å². The Hall–Kier alpha value is -0.0800. The summed E-state index contributed by atoms with van der Waals surface area (Å²) in [4.78, 5) is 0. The summed E-state index contributed by atoms with van der Waals surface area (Å²) in [5.41, 5.74) is 10.9. The van der Waals surface area contributed by atoms with Gasteiger partial charge in [0.1, 0.15) is 0 Å². The standard InChI is InChI=1S/C9H22N2/c1-8(4-3-5-10)6-9(2)7-11/h8-9H,3-7,10-11H2,1-2H3. The van der Waals surface area contributed by atoms with Crippen molar-refractivity contribution >= 4 is 0 Å². The van der Waals surface area contributed by atoms with Gasteiger partial charge in [-0.3, -0.25) is 0 Å². The van der Waals surface area contributed by atoms with Crippen molar-refractivity contribution in [1.29, 1.82) is 0 Å². The van der Waals surface area contributed by atoms with Crippen LogP contribution >= 0.6 is 0 Å². The Labute approximate surface area is 70.3 Å². The van der Waals surface area contributed by atoms with Gasteiger partial charge in [0, 0.05) is 0 Å². The van der Waals surface area contributed by atoms with Crippen molar-refractivity contribution in [2.24, 2.45) is 23.3 Å². The summed E-state index contributed by atoms with van der Waals surface area (Å²) in [5.74, 6) is 1.46. The Morgan fingerprint density at radius 3 is 2.18 bits per heavy atom. The van der Waals surface area contributed by atoms with Crippen molar-refractivity contribution in [2.75, 3.05) is 13.1 Å². The van der Waals surface area contributed by atoms with Gasteiger partial charge in [-0.25, -0.2) is 0 Å². The van der Waals surface area contributed by atoms with Gasteiger partial charge in [0.15, 0.2) is 0 Å². The van der Waals surface area contributed by atoms with Gasteiger partial charge in [-0.15, -0.1) is 0 Å². The van der Waals surface area contributed by atoms with E-state index in [4.69, 9.17) is 11.5 Å². The Morgan fingerprint density at radius 2 is 1.73 bits per heavy atom. The largest absolute Gasteiger partial charge is 0.330 e. The number of rotatable bonds is 6. The van der Waals surface area contributed by atoms with Gasteiger partial charge in [0.25, 0.3) is 0 Å². The van der Waals surface area contributed by atoms with E-state index in [2.05, 4.69) is 13.8 Å². The zero-order valence-electron chi connectivity index (χ0n) is 7.84. The minimum atomic E-state index is 0.669. The molecule has 0 heterocycles. The molecule has 0 radical (unpaired) electrons. The number of hydrogen-bond acceptors (Lipinski definition) is 2. The first-order valence-corrected chi connectivity index (χ1v) is 4.60. The number of hydrogen-bond donors (Lipinski definition) is 2. The average Bonchev–Trinajstić information content (AvgIpc) is 2.00. The van der Waals surface area contributed by atoms with Crippen LogP contribution in [0.5, 0.6) is 0 Å². The highest BCUT2D eigenvalue weighted by molar-refractivity contribution is 4.60. The van der Waals surface area contributed by atoms with Crippen LogP contribution in [0.3, 0.4) is 0 Å². The van der Waals surface area contributed by atoms with E-state index < -0.39 is 0 Å². The third kappa shape index (κ3) is 6.32. The van der Waals surface area contributed by atoms with Crippen LogP contribution in [0.4, 0.5) is 0 Å². The SMILES string of the molecule is CC(CN)CC(C)CCCN. The van der Waals surface area contributed by atoms with Crippen LogP contribution in [-0.4, -0.2) is 13.1 Å². The second kappa shape index (κ2) is 6.62. The summed E-state index contributed by atoms with van der Waals surface area (Å²) in [6.45, 7) is 6.12. The van der Waals surface area contributed by atoms with Crippen LogP contribution in [0.15, 0.2) is 0 Å². The van der Waals surface area contributed by atoms with E-state index in [0.29, 0.717) is 5.92 Å². The fourth-order valence-electron chi connectivity index (χ4n) is 1.37. The zero-order chi connectivity index (χ0) is 8.69. The molecule has 11 heavy (non-hydrogen) atoms. The molecule has 0 saturated carbocycles. The van der Waals surface area contributed by atoms with E-state index in [9.17, 15) is 0 Å². The molecule has 2 atom stereocenters. The highest BCUT2D eigenvalue weighted by atomic mass is 14.5. The van der Waals surface area contributed by atoms with Crippen LogP contribution in [0.1, 0.15) is 33.1 Å². The number of nitrogens with two attached hydrogens (primary N) is 2. The molecule has 0 amide bonds. The minimum absolute atomic E-state index is 0.669. The summed E-state index contributed by atoms with van der Waals surface area (Å²) in [6.07, 6.45) is 3.65. The lowest BCUT2D eigenvalue weighted by atomic mass is 9.94. The lowest BCUT2D eigenvalue weighted by Gasteiger charge is -2.14. The molecule has 2 heteroatoms. The van der Waals surface area contributed by atoms with Gasteiger partial charge >= 0.3 is 0 Å². The predicted octanol–water partition coefficient (Wildman–Crippen LogP) is 1.35. The molecular formula is C9H22N2. The van der Waals surface area contributed by atoms with E-state index in [-0.39, 0.29) is 0 Å². The maximum Gasteiger partial charge on any atom is -0.00514 e. The lowest BCUT2D eigenvalue weighted by molar-refractivity contribution is 0.394. The fourth-order valence-corrected chi connectivity index (χ4v) is 1.37. The molecule has 0 aliphatic carbocycles. The average molecular weight is 158 g/mol. The van der Waals surface area contributed by atoms with Crippen molar-refractivity contribution < 1.29 is 0 Å². The predicted molar refractivity (Wildman–Crippen MR) is 50.3 cm³/mol. The van der Waals surface area contributed by atoms with Gasteiger partial charge in [0.2, 0.25) is 0 Å². The smallest absolute Gasteiger partial charge is 0.00514 e. The lowest BCUT2D eigenvalue weighted by Crippen LogP contribution is -2.14. The van der Waals surface area contributed by atoms with Crippen molar-refractivity contribution in [2.45, 2.75) is 33.1 Å².